The molecule has 0 heterocycles. The molecule has 0 aliphatic carbocycles. The first-order valence-electron chi connectivity index (χ1n) is 20.0. The molecule has 1 rings (SSSR count). The molecule has 328 valence electrons. The van der Waals surface area contributed by atoms with Crippen molar-refractivity contribution in [3.63, 3.8) is 0 Å². The number of amides is 5. The molecule has 0 aliphatic rings. The lowest BCUT2D eigenvalue weighted by atomic mass is 10.0. The minimum atomic E-state index is -0.915. The average Bonchev–Trinajstić information content (AvgIpc) is 3.19. The zero-order chi connectivity index (χ0) is 41.8. The van der Waals surface area contributed by atoms with Crippen LogP contribution < -0.4 is 32.3 Å². The van der Waals surface area contributed by atoms with Crippen molar-refractivity contribution < 1.29 is 57.1 Å². The summed E-state index contributed by atoms with van der Waals surface area (Å²) >= 11 is 0. The SMILES string of the molecule is CCc1ccc(NC(=O)[C@H](CCCNC(N)=O)NC(=O)[C@@H](NC(=O)CCOCCOCCOCCOCCOCCOCCOCCOCCNC)C(C)C)cc1. The summed E-state index contributed by atoms with van der Waals surface area (Å²) in [5, 5.41) is 13.9. The summed E-state index contributed by atoms with van der Waals surface area (Å²) < 4.78 is 43.7. The van der Waals surface area contributed by atoms with Crippen LogP contribution in [0.5, 0.6) is 0 Å². The van der Waals surface area contributed by atoms with Crippen LogP contribution in [0.3, 0.4) is 0 Å². The number of nitrogens with two attached hydrogens (primary N) is 1. The Morgan fingerprint density at radius 1 is 0.614 bits per heavy atom. The summed E-state index contributed by atoms with van der Waals surface area (Å²) in [6.07, 6.45) is 1.53. The molecule has 0 aliphatic heterocycles. The molecule has 2 atom stereocenters. The van der Waals surface area contributed by atoms with E-state index in [0.717, 1.165) is 18.5 Å². The van der Waals surface area contributed by atoms with Gasteiger partial charge in [0.15, 0.2) is 0 Å². The van der Waals surface area contributed by atoms with Crippen molar-refractivity contribution in [1.82, 2.24) is 21.3 Å². The summed E-state index contributed by atoms with van der Waals surface area (Å²) in [5.74, 6) is -1.53. The molecular weight excluding hydrogens is 744 g/mol. The van der Waals surface area contributed by atoms with E-state index in [0.29, 0.717) is 111 Å². The van der Waals surface area contributed by atoms with E-state index in [9.17, 15) is 19.2 Å². The molecular formula is C39H70N6O12. The number of hydrogen-bond acceptors (Lipinski definition) is 13. The number of aryl methyl sites for hydroxylation is 1. The van der Waals surface area contributed by atoms with E-state index in [1.807, 2.05) is 26.1 Å². The maximum absolute atomic E-state index is 13.3. The molecule has 1 aromatic rings. The monoisotopic (exact) mass is 815 g/mol. The van der Waals surface area contributed by atoms with Crippen molar-refractivity contribution in [3.8, 4) is 0 Å². The summed E-state index contributed by atoms with van der Waals surface area (Å²) in [7, 11) is 1.88. The summed E-state index contributed by atoms with van der Waals surface area (Å²) in [4.78, 5) is 50.3. The number of rotatable bonds is 38. The number of likely N-dealkylation sites (N-methyl/N-ethyl adjacent to an activating group) is 1. The van der Waals surface area contributed by atoms with Gasteiger partial charge in [0.25, 0.3) is 0 Å². The normalized spacial score (nSPS) is 12.3. The maximum Gasteiger partial charge on any atom is 0.312 e. The lowest BCUT2D eigenvalue weighted by Gasteiger charge is -2.25. The van der Waals surface area contributed by atoms with E-state index in [-0.39, 0.29) is 37.8 Å². The summed E-state index contributed by atoms with van der Waals surface area (Å²) in [6, 6.07) is 4.96. The van der Waals surface area contributed by atoms with Crippen molar-refractivity contribution in [1.29, 1.82) is 0 Å². The molecule has 5 amide bonds. The van der Waals surface area contributed by atoms with E-state index in [4.69, 9.17) is 43.6 Å². The molecule has 7 N–H and O–H groups in total. The van der Waals surface area contributed by atoms with Gasteiger partial charge < -0.3 is 70.2 Å². The molecule has 0 saturated heterocycles. The molecule has 0 saturated carbocycles. The topological polar surface area (TPSA) is 228 Å². The Kier molecular flexibility index (Phi) is 32.3. The summed E-state index contributed by atoms with van der Waals surface area (Å²) in [5.41, 5.74) is 6.86. The third kappa shape index (κ3) is 29.4. The first-order valence-corrected chi connectivity index (χ1v) is 20.0. The van der Waals surface area contributed by atoms with Crippen molar-refractivity contribution in [2.24, 2.45) is 11.7 Å². The van der Waals surface area contributed by atoms with Crippen molar-refractivity contribution in [3.05, 3.63) is 29.8 Å². The highest BCUT2D eigenvalue weighted by molar-refractivity contribution is 5.98. The second-order valence-electron chi connectivity index (χ2n) is 13.1. The number of primary amides is 1. The van der Waals surface area contributed by atoms with Gasteiger partial charge in [-0.05, 0) is 49.9 Å². The fourth-order valence-electron chi connectivity index (χ4n) is 4.86. The molecule has 57 heavy (non-hydrogen) atoms. The summed E-state index contributed by atoms with van der Waals surface area (Å²) in [6.45, 7) is 13.9. The molecule has 18 nitrogen and oxygen atoms in total. The lowest BCUT2D eigenvalue weighted by molar-refractivity contribution is -0.132. The van der Waals surface area contributed by atoms with Gasteiger partial charge >= 0.3 is 6.03 Å². The molecule has 0 unspecified atom stereocenters. The predicted octanol–water partition coefficient (Wildman–Crippen LogP) is 1.00. The van der Waals surface area contributed by atoms with Gasteiger partial charge in [-0.3, -0.25) is 14.4 Å². The minimum Gasteiger partial charge on any atom is -0.379 e. The molecule has 0 aromatic heterocycles. The van der Waals surface area contributed by atoms with Gasteiger partial charge in [0, 0.05) is 25.2 Å². The highest BCUT2D eigenvalue weighted by atomic mass is 16.6. The van der Waals surface area contributed by atoms with Gasteiger partial charge in [-0.2, -0.15) is 0 Å². The number of nitrogens with one attached hydrogen (secondary N) is 5. The Bertz CT molecular complexity index is 1180. The van der Waals surface area contributed by atoms with E-state index in [2.05, 4.69) is 26.6 Å². The molecule has 0 spiro atoms. The molecule has 0 radical (unpaired) electrons. The fourth-order valence-corrected chi connectivity index (χ4v) is 4.86. The van der Waals surface area contributed by atoms with Crippen LogP contribution in [0.2, 0.25) is 0 Å². The Morgan fingerprint density at radius 2 is 1.07 bits per heavy atom. The van der Waals surface area contributed by atoms with Gasteiger partial charge in [0.2, 0.25) is 17.7 Å². The standard InChI is InChI=1S/C39H70N6O12/c1-5-32-8-10-33(11-9-32)43-37(47)34(7-6-13-42-39(40)49)44-38(48)36(31(2)3)45-35(46)12-15-50-17-19-52-21-23-54-25-27-56-29-30-57-28-26-55-24-22-53-20-18-51-16-14-41-4/h8-11,31,34,36,41H,5-7,12-30H2,1-4H3,(H,43,47)(H,44,48)(H,45,46)(H3,40,42,49)/t34-,36-/m0/s1. The lowest BCUT2D eigenvalue weighted by Crippen LogP contribution is -2.54. The Morgan fingerprint density at radius 3 is 1.49 bits per heavy atom. The van der Waals surface area contributed by atoms with Crippen LogP contribution in [0, 0.1) is 5.92 Å². The van der Waals surface area contributed by atoms with Crippen LogP contribution in [0.1, 0.15) is 45.6 Å². The highest BCUT2D eigenvalue weighted by Gasteiger charge is 2.28. The van der Waals surface area contributed by atoms with Gasteiger partial charge in [0.1, 0.15) is 12.1 Å². The van der Waals surface area contributed by atoms with Crippen molar-refractivity contribution >= 4 is 29.4 Å². The van der Waals surface area contributed by atoms with E-state index >= 15 is 0 Å². The zero-order valence-electron chi connectivity index (χ0n) is 34.6. The van der Waals surface area contributed by atoms with Crippen LogP contribution in [0.25, 0.3) is 0 Å². The Hall–Kier alpha value is -3.46. The van der Waals surface area contributed by atoms with Gasteiger partial charge in [-0.25, -0.2) is 4.79 Å². The zero-order valence-corrected chi connectivity index (χ0v) is 34.6. The van der Waals surface area contributed by atoms with Crippen LogP contribution in [-0.4, -0.2) is 162 Å². The van der Waals surface area contributed by atoms with Crippen LogP contribution in [0.4, 0.5) is 10.5 Å². The van der Waals surface area contributed by atoms with E-state index in [1.165, 1.54) is 0 Å². The molecule has 0 bridgehead atoms. The molecule has 0 fully saturated rings. The molecule has 1 aromatic carbocycles. The second kappa shape index (κ2) is 35.7. The minimum absolute atomic E-state index is 0.0405. The highest BCUT2D eigenvalue weighted by Crippen LogP contribution is 2.12. The Labute approximate surface area is 338 Å². The number of carbonyl (C=O) groups excluding carboxylic acids is 4. The largest absolute Gasteiger partial charge is 0.379 e. The van der Waals surface area contributed by atoms with E-state index < -0.39 is 29.9 Å². The number of carbonyl (C=O) groups is 4. The second-order valence-corrected chi connectivity index (χ2v) is 13.1. The Balaban J connectivity index is 2.14. The van der Waals surface area contributed by atoms with Gasteiger partial charge in [-0.15, -0.1) is 0 Å². The third-order valence-electron chi connectivity index (χ3n) is 8.07. The average molecular weight is 815 g/mol. The first-order chi connectivity index (χ1) is 27.7. The van der Waals surface area contributed by atoms with Gasteiger partial charge in [-0.1, -0.05) is 32.9 Å². The number of urea groups is 1. The number of anilines is 1. The smallest absolute Gasteiger partial charge is 0.312 e. The van der Waals surface area contributed by atoms with Crippen molar-refractivity contribution in [2.45, 2.75) is 58.5 Å². The first kappa shape index (κ1) is 51.6. The number of benzene rings is 1. The van der Waals surface area contributed by atoms with Crippen LogP contribution in [0.15, 0.2) is 24.3 Å². The predicted molar refractivity (Wildman–Crippen MR) is 215 cm³/mol. The van der Waals surface area contributed by atoms with E-state index in [1.54, 1.807) is 26.0 Å². The van der Waals surface area contributed by atoms with Gasteiger partial charge in [0.05, 0.1) is 106 Å². The van der Waals surface area contributed by atoms with Crippen LogP contribution >= 0.6 is 0 Å². The molecule has 18 heteroatoms. The quantitative estimate of drug-likeness (QED) is 0.0513. The maximum atomic E-state index is 13.3. The third-order valence-corrected chi connectivity index (χ3v) is 8.07. The van der Waals surface area contributed by atoms with Crippen molar-refractivity contribution in [2.75, 3.05) is 131 Å². The van der Waals surface area contributed by atoms with Crippen LogP contribution in [-0.2, 0) is 58.7 Å². The number of ether oxygens (including phenoxy) is 8. The number of hydrogen-bond donors (Lipinski definition) is 6. The fraction of sp³-hybridized carbons (Fsp3) is 0.744.